The zero-order chi connectivity index (χ0) is 13.7. The van der Waals surface area contributed by atoms with E-state index >= 15 is 0 Å². The van der Waals surface area contributed by atoms with Gasteiger partial charge in [-0.25, -0.2) is 4.98 Å². The molecule has 2 aromatic heterocycles. The van der Waals surface area contributed by atoms with Crippen molar-refractivity contribution in [1.29, 1.82) is 0 Å². The van der Waals surface area contributed by atoms with Crippen LogP contribution in [0.3, 0.4) is 0 Å². The molecule has 0 unspecified atom stereocenters. The number of hydrogen-bond donors (Lipinski definition) is 0. The van der Waals surface area contributed by atoms with Crippen molar-refractivity contribution in [3.05, 3.63) is 22.7 Å². The van der Waals surface area contributed by atoms with Crippen molar-refractivity contribution in [2.45, 2.75) is 18.9 Å². The van der Waals surface area contributed by atoms with E-state index in [-0.39, 0.29) is 5.56 Å². The number of rotatable bonds is 1. The summed E-state index contributed by atoms with van der Waals surface area (Å²) in [6, 6.07) is 2.68. The van der Waals surface area contributed by atoms with E-state index < -0.39 is 0 Å². The molecule has 20 heavy (non-hydrogen) atoms. The average molecular weight is 290 g/mol. The Bertz CT molecular complexity index is 699. The van der Waals surface area contributed by atoms with E-state index in [1.54, 1.807) is 29.3 Å². The highest BCUT2D eigenvalue weighted by atomic mass is 32.1. The van der Waals surface area contributed by atoms with Crippen molar-refractivity contribution in [3.63, 3.8) is 0 Å². The Kier molecular flexibility index (Phi) is 2.82. The summed E-state index contributed by atoms with van der Waals surface area (Å²) in [6.07, 6.45) is 4.09. The summed E-state index contributed by atoms with van der Waals surface area (Å²) in [6.45, 7) is 4.63. The van der Waals surface area contributed by atoms with Crippen molar-refractivity contribution in [2.75, 3.05) is 31.1 Å². The number of aryl methyl sites for hydroxylation is 1. The summed E-state index contributed by atoms with van der Waals surface area (Å²) in [4.78, 5) is 22.4. The first-order chi connectivity index (χ1) is 9.72. The molecule has 5 nitrogen and oxygen atoms in total. The third-order valence-electron chi connectivity index (χ3n) is 4.54. The van der Waals surface area contributed by atoms with Gasteiger partial charge in [-0.3, -0.25) is 4.79 Å². The molecule has 3 saturated heterocycles. The molecule has 6 heteroatoms. The molecule has 2 aromatic rings. The Morgan fingerprint density at radius 1 is 1.25 bits per heavy atom. The minimum absolute atomic E-state index is 0.0559. The first-order valence-corrected chi connectivity index (χ1v) is 7.98. The van der Waals surface area contributed by atoms with E-state index in [0.717, 1.165) is 23.3 Å². The number of aromatic nitrogens is 2. The van der Waals surface area contributed by atoms with Crippen LogP contribution >= 0.6 is 11.3 Å². The number of thiophene rings is 1. The first-order valence-electron chi connectivity index (χ1n) is 7.16. The molecule has 0 spiro atoms. The van der Waals surface area contributed by atoms with Gasteiger partial charge in [-0.05, 0) is 18.9 Å². The lowest BCUT2D eigenvalue weighted by Gasteiger charge is -2.31. The zero-order valence-electron chi connectivity index (χ0n) is 11.6. The minimum Gasteiger partial charge on any atom is -0.359 e. The van der Waals surface area contributed by atoms with Crippen LogP contribution in [-0.2, 0) is 7.05 Å². The van der Waals surface area contributed by atoms with Crippen molar-refractivity contribution in [3.8, 4) is 0 Å². The zero-order valence-corrected chi connectivity index (χ0v) is 12.4. The molecule has 0 radical (unpaired) electrons. The van der Waals surface area contributed by atoms with Crippen LogP contribution in [0.4, 0.5) is 5.00 Å². The van der Waals surface area contributed by atoms with Crippen LogP contribution < -0.4 is 10.5 Å². The number of piperidine rings is 1. The average Bonchev–Trinajstić information content (AvgIpc) is 2.67. The van der Waals surface area contributed by atoms with Gasteiger partial charge in [-0.15, -0.1) is 0 Å². The predicted octanol–water partition coefficient (Wildman–Crippen LogP) is 1.28. The van der Waals surface area contributed by atoms with Gasteiger partial charge in [0.2, 0.25) is 0 Å². The van der Waals surface area contributed by atoms with Crippen molar-refractivity contribution >= 4 is 26.6 Å². The Morgan fingerprint density at radius 2 is 2.05 bits per heavy atom. The Labute approximate surface area is 121 Å². The summed E-state index contributed by atoms with van der Waals surface area (Å²) in [5.74, 6) is 0. The summed E-state index contributed by atoms with van der Waals surface area (Å²) >= 11 is 1.66. The van der Waals surface area contributed by atoms with E-state index in [1.807, 2.05) is 6.07 Å². The standard InChI is InChI=1S/C14H18N4OS/c1-16-9-15-13-11(14(16)19)8-12(20-13)18-7-6-17-4-2-10(18)3-5-17/h8-10H,2-7H2,1H3. The Balaban J connectivity index is 1.78. The van der Waals surface area contributed by atoms with Gasteiger partial charge in [0, 0.05) is 39.3 Å². The van der Waals surface area contributed by atoms with E-state index in [2.05, 4.69) is 14.8 Å². The largest absolute Gasteiger partial charge is 0.359 e. The fourth-order valence-electron chi connectivity index (χ4n) is 3.32. The normalized spacial score (nSPS) is 26.1. The second-order valence-corrected chi connectivity index (χ2v) is 6.74. The van der Waals surface area contributed by atoms with E-state index in [1.165, 1.54) is 30.9 Å². The van der Waals surface area contributed by atoms with E-state index in [4.69, 9.17) is 0 Å². The number of anilines is 1. The molecular weight excluding hydrogens is 272 g/mol. The van der Waals surface area contributed by atoms with Gasteiger partial charge in [0.1, 0.15) is 4.83 Å². The smallest absolute Gasteiger partial charge is 0.261 e. The van der Waals surface area contributed by atoms with Gasteiger partial charge in [-0.2, -0.15) is 0 Å². The van der Waals surface area contributed by atoms with E-state index in [0.29, 0.717) is 6.04 Å². The summed E-state index contributed by atoms with van der Waals surface area (Å²) < 4.78 is 1.55. The predicted molar refractivity (Wildman–Crippen MR) is 81.7 cm³/mol. The highest BCUT2D eigenvalue weighted by molar-refractivity contribution is 7.22. The number of nitrogens with zero attached hydrogens (tertiary/aromatic N) is 4. The van der Waals surface area contributed by atoms with Gasteiger partial charge in [0.05, 0.1) is 16.7 Å². The fourth-order valence-corrected chi connectivity index (χ4v) is 4.41. The minimum atomic E-state index is 0.0559. The molecule has 0 aliphatic carbocycles. The number of fused-ring (bicyclic) bond motifs is 5. The van der Waals surface area contributed by atoms with Crippen LogP contribution in [0, 0.1) is 0 Å². The third kappa shape index (κ3) is 1.86. The van der Waals surface area contributed by atoms with Crippen molar-refractivity contribution in [1.82, 2.24) is 14.5 Å². The van der Waals surface area contributed by atoms with Gasteiger partial charge < -0.3 is 14.4 Å². The van der Waals surface area contributed by atoms with Gasteiger partial charge in [0.15, 0.2) is 0 Å². The molecular formula is C14H18N4OS. The van der Waals surface area contributed by atoms with Crippen LogP contribution in [0.15, 0.2) is 17.2 Å². The molecule has 5 heterocycles. The highest BCUT2D eigenvalue weighted by Crippen LogP contribution is 2.34. The molecule has 2 bridgehead atoms. The molecule has 0 N–H and O–H groups in total. The molecule has 3 aliphatic heterocycles. The maximum atomic E-state index is 12.2. The van der Waals surface area contributed by atoms with E-state index in [9.17, 15) is 4.79 Å². The summed E-state index contributed by atoms with van der Waals surface area (Å²) in [5, 5.41) is 1.97. The SMILES string of the molecule is Cn1cnc2sc(N3CCN4CCC3CC4)cc2c1=O. The fraction of sp³-hybridized carbons (Fsp3) is 0.571. The molecule has 0 aromatic carbocycles. The topological polar surface area (TPSA) is 41.4 Å². The first kappa shape index (κ1) is 12.3. The maximum Gasteiger partial charge on any atom is 0.261 e. The van der Waals surface area contributed by atoms with Crippen LogP contribution in [0.1, 0.15) is 12.8 Å². The quantitative estimate of drug-likeness (QED) is 0.793. The van der Waals surface area contributed by atoms with Crippen LogP contribution in [0.2, 0.25) is 0 Å². The lowest BCUT2D eigenvalue weighted by atomic mass is 10.1. The van der Waals surface area contributed by atoms with Crippen LogP contribution in [0.5, 0.6) is 0 Å². The third-order valence-corrected chi connectivity index (χ3v) is 5.62. The molecule has 106 valence electrons. The van der Waals surface area contributed by atoms with Crippen LogP contribution in [0.25, 0.3) is 10.2 Å². The lowest BCUT2D eigenvalue weighted by Crippen LogP contribution is -2.37. The highest BCUT2D eigenvalue weighted by Gasteiger charge is 2.30. The van der Waals surface area contributed by atoms with Gasteiger partial charge in [0.25, 0.3) is 5.56 Å². The summed E-state index contributed by atoms with van der Waals surface area (Å²) in [5.41, 5.74) is 0.0559. The lowest BCUT2D eigenvalue weighted by molar-refractivity contribution is 0.250. The molecule has 5 rings (SSSR count). The molecule has 0 atom stereocenters. The Morgan fingerprint density at radius 3 is 2.85 bits per heavy atom. The molecule has 3 fully saturated rings. The monoisotopic (exact) mass is 290 g/mol. The van der Waals surface area contributed by atoms with Gasteiger partial charge in [-0.1, -0.05) is 11.3 Å². The van der Waals surface area contributed by atoms with Gasteiger partial charge >= 0.3 is 0 Å². The number of hydrogen-bond acceptors (Lipinski definition) is 5. The Hall–Kier alpha value is -1.40. The second-order valence-electron chi connectivity index (χ2n) is 5.73. The second kappa shape index (κ2) is 4.56. The summed E-state index contributed by atoms with van der Waals surface area (Å²) in [7, 11) is 1.76. The molecule has 0 saturated carbocycles. The maximum absolute atomic E-state index is 12.2. The van der Waals surface area contributed by atoms with Crippen molar-refractivity contribution in [2.24, 2.45) is 7.05 Å². The van der Waals surface area contributed by atoms with Crippen molar-refractivity contribution < 1.29 is 0 Å². The van der Waals surface area contributed by atoms with Crippen LogP contribution in [-0.4, -0.2) is 46.7 Å². The molecule has 0 amide bonds. The molecule has 3 aliphatic rings.